The molecule has 1 aliphatic carbocycles. The van der Waals surface area contributed by atoms with Gasteiger partial charge in [-0.25, -0.2) is 14.2 Å². The summed E-state index contributed by atoms with van der Waals surface area (Å²) in [5.41, 5.74) is 0.556. The maximum absolute atomic E-state index is 14.6. The van der Waals surface area contributed by atoms with E-state index in [0.717, 1.165) is 25.7 Å². The Kier molecular flexibility index (Phi) is 6.96. The van der Waals surface area contributed by atoms with Gasteiger partial charge >= 0.3 is 6.09 Å². The van der Waals surface area contributed by atoms with Crippen LogP contribution in [-0.4, -0.2) is 51.7 Å². The molecule has 1 aliphatic heterocycles. The zero-order chi connectivity index (χ0) is 21.8. The Morgan fingerprint density at radius 3 is 2.81 bits per heavy atom. The van der Waals surface area contributed by atoms with Gasteiger partial charge in [0.05, 0.1) is 24.0 Å². The fourth-order valence-electron chi connectivity index (χ4n) is 4.20. The lowest BCUT2D eigenvalue weighted by Crippen LogP contribution is -2.37. The molecule has 0 radical (unpaired) electrons. The normalized spacial score (nSPS) is 22.0. The second-order valence-electron chi connectivity index (χ2n) is 8.14. The van der Waals surface area contributed by atoms with Crippen molar-refractivity contribution in [1.82, 2.24) is 15.3 Å². The predicted octanol–water partition coefficient (Wildman–Crippen LogP) is 3.47. The number of aromatic amines is 1. The minimum atomic E-state index is -1.05. The number of hydrogen-bond donors (Lipinski definition) is 4. The standard InChI is InChI=1S/C21H27FN4O4S/c22-16-7-13(24-12-3-1-2-4-12)8-17-19(16)20(27)26-18(25-17)11-31-15-6-5-14(30-10-15)9-23-21(28)29/h7-8,12,14-15,23-24H,1-6,9-11H2,(H,28,29)(H,25,26,27)/t14-,15-/m1/s1. The largest absolute Gasteiger partial charge is 0.465 e. The Balaban J connectivity index is 1.39. The number of nitrogens with zero attached hydrogens (tertiary/aromatic N) is 1. The number of carbonyl (C=O) groups is 1. The van der Waals surface area contributed by atoms with Gasteiger partial charge in [0, 0.05) is 23.5 Å². The highest BCUT2D eigenvalue weighted by molar-refractivity contribution is 7.99. The molecule has 1 saturated heterocycles. The highest BCUT2D eigenvalue weighted by Gasteiger charge is 2.23. The average molecular weight is 451 g/mol. The number of hydrogen-bond acceptors (Lipinski definition) is 6. The summed E-state index contributed by atoms with van der Waals surface area (Å²) in [6, 6.07) is 3.47. The molecule has 1 aromatic heterocycles. The summed E-state index contributed by atoms with van der Waals surface area (Å²) in [6.45, 7) is 0.799. The van der Waals surface area contributed by atoms with Crippen LogP contribution in [0, 0.1) is 5.82 Å². The monoisotopic (exact) mass is 450 g/mol. The molecule has 2 aliphatic rings. The molecular formula is C21H27FN4O4S. The molecule has 1 amide bonds. The first-order valence-corrected chi connectivity index (χ1v) is 11.7. The van der Waals surface area contributed by atoms with Gasteiger partial charge < -0.3 is 25.5 Å². The molecular weight excluding hydrogens is 423 g/mol. The second-order valence-corrected chi connectivity index (χ2v) is 9.43. The van der Waals surface area contributed by atoms with E-state index >= 15 is 0 Å². The first-order chi connectivity index (χ1) is 15.0. The zero-order valence-corrected chi connectivity index (χ0v) is 18.0. The van der Waals surface area contributed by atoms with Gasteiger partial charge in [0.25, 0.3) is 5.56 Å². The number of benzene rings is 1. The van der Waals surface area contributed by atoms with Crippen molar-refractivity contribution in [3.8, 4) is 0 Å². The molecule has 2 aromatic rings. The minimum Gasteiger partial charge on any atom is -0.465 e. The lowest BCUT2D eigenvalue weighted by molar-refractivity contribution is 0.0210. The quantitative estimate of drug-likeness (QED) is 0.510. The lowest BCUT2D eigenvalue weighted by Gasteiger charge is -2.28. The number of halogens is 1. The number of rotatable bonds is 7. The Morgan fingerprint density at radius 1 is 1.29 bits per heavy atom. The van der Waals surface area contributed by atoms with Crippen LogP contribution >= 0.6 is 11.8 Å². The van der Waals surface area contributed by atoms with Gasteiger partial charge in [-0.3, -0.25) is 4.79 Å². The van der Waals surface area contributed by atoms with E-state index in [1.807, 2.05) is 0 Å². The van der Waals surface area contributed by atoms with E-state index in [4.69, 9.17) is 9.84 Å². The molecule has 4 N–H and O–H groups in total. The third kappa shape index (κ3) is 5.68. The van der Waals surface area contributed by atoms with E-state index in [-0.39, 0.29) is 23.3 Å². The number of nitrogens with one attached hydrogen (secondary N) is 3. The van der Waals surface area contributed by atoms with Gasteiger partial charge in [-0.15, -0.1) is 11.8 Å². The molecule has 0 bridgehead atoms. The van der Waals surface area contributed by atoms with E-state index in [9.17, 15) is 14.0 Å². The highest BCUT2D eigenvalue weighted by Crippen LogP contribution is 2.28. The zero-order valence-electron chi connectivity index (χ0n) is 17.2. The van der Waals surface area contributed by atoms with Crippen LogP contribution < -0.4 is 16.2 Å². The van der Waals surface area contributed by atoms with Gasteiger partial charge in [0.15, 0.2) is 0 Å². The predicted molar refractivity (Wildman–Crippen MR) is 118 cm³/mol. The average Bonchev–Trinajstić information content (AvgIpc) is 3.24. The Morgan fingerprint density at radius 2 is 2.10 bits per heavy atom. The lowest BCUT2D eigenvalue weighted by atomic mass is 10.1. The maximum Gasteiger partial charge on any atom is 0.404 e. The van der Waals surface area contributed by atoms with Crippen molar-refractivity contribution in [1.29, 1.82) is 0 Å². The van der Waals surface area contributed by atoms with Gasteiger partial charge in [-0.2, -0.15) is 0 Å². The van der Waals surface area contributed by atoms with E-state index in [1.165, 1.54) is 18.9 Å². The molecule has 2 atom stereocenters. The number of fused-ring (bicyclic) bond motifs is 1. The van der Waals surface area contributed by atoms with Crippen LogP contribution in [-0.2, 0) is 10.5 Å². The van der Waals surface area contributed by atoms with Crippen LogP contribution in [0.4, 0.5) is 14.9 Å². The van der Waals surface area contributed by atoms with Crippen molar-refractivity contribution in [3.05, 3.63) is 34.1 Å². The molecule has 168 valence electrons. The maximum atomic E-state index is 14.6. The minimum absolute atomic E-state index is 0.0134. The van der Waals surface area contributed by atoms with Crippen molar-refractivity contribution in [2.75, 3.05) is 18.5 Å². The molecule has 31 heavy (non-hydrogen) atoms. The number of anilines is 1. The van der Waals surface area contributed by atoms with Gasteiger partial charge in [-0.1, -0.05) is 12.8 Å². The summed E-state index contributed by atoms with van der Waals surface area (Å²) < 4.78 is 20.3. The third-order valence-electron chi connectivity index (χ3n) is 5.80. The number of aromatic nitrogens is 2. The van der Waals surface area contributed by atoms with E-state index in [1.54, 1.807) is 17.8 Å². The van der Waals surface area contributed by atoms with Crippen LogP contribution in [0.1, 0.15) is 44.3 Å². The Bertz CT molecular complexity index is 987. The molecule has 0 spiro atoms. The van der Waals surface area contributed by atoms with Gasteiger partial charge in [-0.05, 0) is 37.8 Å². The molecule has 10 heteroatoms. The molecule has 1 saturated carbocycles. The van der Waals surface area contributed by atoms with Gasteiger partial charge in [0.2, 0.25) is 0 Å². The van der Waals surface area contributed by atoms with Crippen molar-refractivity contribution >= 4 is 34.4 Å². The van der Waals surface area contributed by atoms with Crippen LogP contribution in [0.2, 0.25) is 0 Å². The van der Waals surface area contributed by atoms with E-state index in [0.29, 0.717) is 35.4 Å². The molecule has 4 rings (SSSR count). The Labute approximate surface area is 183 Å². The molecule has 2 heterocycles. The van der Waals surface area contributed by atoms with Crippen molar-refractivity contribution in [3.63, 3.8) is 0 Å². The number of H-pyrrole nitrogens is 1. The first-order valence-electron chi connectivity index (χ1n) is 10.7. The van der Waals surface area contributed by atoms with Crippen LogP contribution in [0.15, 0.2) is 16.9 Å². The van der Waals surface area contributed by atoms with Crippen LogP contribution in [0.25, 0.3) is 10.9 Å². The summed E-state index contributed by atoms with van der Waals surface area (Å²) in [7, 11) is 0. The molecule has 2 fully saturated rings. The van der Waals surface area contributed by atoms with Crippen molar-refractivity contribution < 1.29 is 19.0 Å². The first kappa shape index (κ1) is 21.9. The van der Waals surface area contributed by atoms with E-state index < -0.39 is 17.5 Å². The third-order valence-corrected chi connectivity index (χ3v) is 7.08. The second kappa shape index (κ2) is 9.86. The van der Waals surface area contributed by atoms with Crippen LogP contribution in [0.3, 0.4) is 0 Å². The number of ether oxygens (including phenoxy) is 1. The highest BCUT2D eigenvalue weighted by atomic mass is 32.2. The summed E-state index contributed by atoms with van der Waals surface area (Å²) in [5, 5.41) is 14.6. The number of carboxylic acid groups (broad SMARTS) is 1. The number of amides is 1. The topological polar surface area (TPSA) is 116 Å². The summed E-state index contributed by atoms with van der Waals surface area (Å²) in [4.78, 5) is 30.2. The fourth-order valence-corrected chi connectivity index (χ4v) is 5.21. The van der Waals surface area contributed by atoms with Crippen LogP contribution in [0.5, 0.6) is 0 Å². The van der Waals surface area contributed by atoms with Crippen molar-refractivity contribution in [2.24, 2.45) is 0 Å². The summed E-state index contributed by atoms with van der Waals surface area (Å²) >= 11 is 1.62. The smallest absolute Gasteiger partial charge is 0.404 e. The van der Waals surface area contributed by atoms with Gasteiger partial charge in [0.1, 0.15) is 17.0 Å². The molecule has 0 unspecified atom stereocenters. The fraction of sp³-hybridized carbons (Fsp3) is 0.571. The molecule has 8 nitrogen and oxygen atoms in total. The summed E-state index contributed by atoms with van der Waals surface area (Å²) in [6.07, 6.45) is 4.98. The Hall–Kier alpha value is -2.33. The van der Waals surface area contributed by atoms with E-state index in [2.05, 4.69) is 20.6 Å². The SMILES string of the molecule is O=C(O)NC[C@H]1CC[C@@H](SCc2nc3cc(NC4CCCC4)cc(F)c3c(=O)[nH]2)CO1. The summed E-state index contributed by atoms with van der Waals surface area (Å²) in [5.74, 6) is 0.432. The molecule has 1 aromatic carbocycles. The van der Waals surface area contributed by atoms with Crippen molar-refractivity contribution in [2.45, 2.75) is 61.7 Å². The number of thioether (sulfide) groups is 1.